The second kappa shape index (κ2) is 5.85. The summed E-state index contributed by atoms with van der Waals surface area (Å²) < 4.78 is 37.2. The Morgan fingerprint density at radius 3 is 2.00 bits per heavy atom. The summed E-state index contributed by atoms with van der Waals surface area (Å²) in [7, 11) is 0. The van der Waals surface area contributed by atoms with Crippen LogP contribution in [0.3, 0.4) is 0 Å². The van der Waals surface area contributed by atoms with Crippen LogP contribution in [0.4, 0.5) is 13.2 Å². The second-order valence-corrected chi connectivity index (χ2v) is 4.33. The number of carbonyl (C=O) groups excluding carboxylic acids is 3. The van der Waals surface area contributed by atoms with Gasteiger partial charge in [-0.1, -0.05) is 12.1 Å². The van der Waals surface area contributed by atoms with E-state index in [1.54, 1.807) is 0 Å². The van der Waals surface area contributed by atoms with Crippen molar-refractivity contribution in [2.45, 2.75) is 25.1 Å². The van der Waals surface area contributed by atoms with E-state index >= 15 is 0 Å². The van der Waals surface area contributed by atoms with Crippen LogP contribution in [0.2, 0.25) is 0 Å². The van der Waals surface area contributed by atoms with Crippen molar-refractivity contribution < 1.29 is 27.6 Å². The highest BCUT2D eigenvalue weighted by molar-refractivity contribution is 5.94. The number of hydrogen-bond acceptors (Lipinski definition) is 3. The van der Waals surface area contributed by atoms with Crippen LogP contribution >= 0.6 is 0 Å². The molecule has 0 fully saturated rings. The maximum atomic E-state index is 12.4. The van der Waals surface area contributed by atoms with E-state index in [0.29, 0.717) is 5.56 Å². The lowest BCUT2D eigenvalue weighted by Crippen LogP contribution is -2.52. The number of benzene rings is 1. The van der Waals surface area contributed by atoms with Crippen molar-refractivity contribution in [3.8, 4) is 0 Å². The summed E-state index contributed by atoms with van der Waals surface area (Å²) in [6.45, 7) is 1.13. The maximum absolute atomic E-state index is 12.4. The maximum Gasteiger partial charge on any atom is 0.416 e. The van der Waals surface area contributed by atoms with Gasteiger partial charge in [0.25, 0.3) is 0 Å². The van der Waals surface area contributed by atoms with E-state index in [1.165, 1.54) is 0 Å². The Hall–Kier alpha value is -2.18. The van der Waals surface area contributed by atoms with Crippen molar-refractivity contribution in [2.75, 3.05) is 0 Å². The first-order valence-corrected chi connectivity index (χ1v) is 5.60. The van der Waals surface area contributed by atoms with Gasteiger partial charge in [0.15, 0.2) is 18.1 Å². The lowest BCUT2D eigenvalue weighted by molar-refractivity contribution is -0.137. The Morgan fingerprint density at radius 2 is 1.65 bits per heavy atom. The van der Waals surface area contributed by atoms with Crippen LogP contribution in [0, 0.1) is 0 Å². The van der Waals surface area contributed by atoms with Gasteiger partial charge in [0.05, 0.1) is 5.56 Å². The van der Waals surface area contributed by atoms with Crippen LogP contribution in [-0.4, -0.2) is 24.0 Å². The van der Waals surface area contributed by atoms with E-state index in [1.807, 2.05) is 0 Å². The predicted molar refractivity (Wildman–Crippen MR) is 63.8 cm³/mol. The average molecular weight is 287 g/mol. The number of hydrogen-bond donors (Lipinski definition) is 1. The van der Waals surface area contributed by atoms with Gasteiger partial charge in [-0.25, -0.2) is 0 Å². The van der Waals surface area contributed by atoms with E-state index in [-0.39, 0.29) is 19.0 Å². The smallest absolute Gasteiger partial charge is 0.338 e. The van der Waals surface area contributed by atoms with E-state index in [0.717, 1.165) is 31.2 Å². The molecule has 4 nitrogen and oxygen atoms in total. The minimum atomic E-state index is -4.46. The van der Waals surface area contributed by atoms with Crippen LogP contribution in [0.1, 0.15) is 18.1 Å². The zero-order valence-electron chi connectivity index (χ0n) is 10.5. The molecule has 108 valence electrons. The molecule has 1 N–H and O–H groups in total. The van der Waals surface area contributed by atoms with Gasteiger partial charge in [-0.3, -0.25) is 4.79 Å². The molecule has 20 heavy (non-hydrogen) atoms. The van der Waals surface area contributed by atoms with E-state index in [4.69, 9.17) is 0 Å². The Kier molecular flexibility index (Phi) is 4.65. The molecular weight excluding hydrogens is 275 g/mol. The molecule has 0 bridgehead atoms. The molecule has 1 aromatic rings. The summed E-state index contributed by atoms with van der Waals surface area (Å²) in [4.78, 5) is 33.0. The van der Waals surface area contributed by atoms with Crippen molar-refractivity contribution in [3.63, 3.8) is 0 Å². The number of rotatable bonds is 5. The quantitative estimate of drug-likeness (QED) is 0.659. The van der Waals surface area contributed by atoms with Gasteiger partial charge in [0.1, 0.15) is 0 Å². The van der Waals surface area contributed by atoms with Gasteiger partial charge in [0, 0.05) is 13.3 Å². The Balaban J connectivity index is 2.98. The fraction of sp³-hybridized carbons (Fsp3) is 0.308. The molecule has 0 atom stereocenters. The molecule has 0 aliphatic carbocycles. The van der Waals surface area contributed by atoms with Crippen LogP contribution < -0.4 is 5.32 Å². The van der Waals surface area contributed by atoms with Gasteiger partial charge in [-0.15, -0.1) is 0 Å². The van der Waals surface area contributed by atoms with Crippen molar-refractivity contribution in [3.05, 3.63) is 35.4 Å². The number of alkyl halides is 3. The molecule has 0 saturated heterocycles. The van der Waals surface area contributed by atoms with Gasteiger partial charge in [0.2, 0.25) is 5.91 Å². The monoisotopic (exact) mass is 287 g/mol. The fourth-order valence-electron chi connectivity index (χ4n) is 1.69. The zero-order valence-corrected chi connectivity index (χ0v) is 10.5. The van der Waals surface area contributed by atoms with Gasteiger partial charge in [-0.2, -0.15) is 13.2 Å². The van der Waals surface area contributed by atoms with Gasteiger partial charge in [-0.05, 0) is 17.7 Å². The van der Waals surface area contributed by atoms with Crippen molar-refractivity contribution in [2.24, 2.45) is 0 Å². The first kappa shape index (κ1) is 15.9. The highest BCUT2D eigenvalue weighted by Crippen LogP contribution is 2.29. The van der Waals surface area contributed by atoms with Gasteiger partial charge >= 0.3 is 6.18 Å². The molecule has 1 aromatic carbocycles. The van der Waals surface area contributed by atoms with Gasteiger partial charge < -0.3 is 14.9 Å². The molecule has 0 heterocycles. The average Bonchev–Trinajstić information content (AvgIpc) is 2.37. The third-order valence-electron chi connectivity index (χ3n) is 2.61. The van der Waals surface area contributed by atoms with Crippen molar-refractivity contribution in [1.82, 2.24) is 5.32 Å². The minimum absolute atomic E-state index is 0.211. The number of amides is 1. The predicted octanol–water partition coefficient (Wildman–Crippen LogP) is 1.52. The highest BCUT2D eigenvalue weighted by atomic mass is 19.4. The fourth-order valence-corrected chi connectivity index (χ4v) is 1.69. The molecule has 0 radical (unpaired) electrons. The SMILES string of the molecule is CC(=O)NC(C=O)(C=O)Cc1ccc(C(F)(F)F)cc1. The number of carbonyl (C=O) groups is 3. The van der Waals surface area contributed by atoms with Crippen LogP contribution in [0.25, 0.3) is 0 Å². The van der Waals surface area contributed by atoms with Crippen molar-refractivity contribution in [1.29, 1.82) is 0 Å². The zero-order chi connectivity index (χ0) is 15.4. The van der Waals surface area contributed by atoms with Crippen LogP contribution in [0.15, 0.2) is 24.3 Å². The largest absolute Gasteiger partial charge is 0.416 e. The minimum Gasteiger partial charge on any atom is -0.338 e. The lowest BCUT2D eigenvalue weighted by Gasteiger charge is -2.22. The molecule has 0 aromatic heterocycles. The third-order valence-corrected chi connectivity index (χ3v) is 2.61. The topological polar surface area (TPSA) is 63.2 Å². The first-order valence-electron chi connectivity index (χ1n) is 5.60. The Morgan fingerprint density at radius 1 is 1.15 bits per heavy atom. The van der Waals surface area contributed by atoms with Crippen LogP contribution in [0.5, 0.6) is 0 Å². The first-order chi connectivity index (χ1) is 9.22. The summed E-state index contributed by atoms with van der Waals surface area (Å²) in [5, 5.41) is 2.19. The molecule has 7 heteroatoms. The molecule has 0 saturated carbocycles. The Labute approximate surface area is 113 Å². The molecule has 1 amide bonds. The molecule has 0 unspecified atom stereocenters. The summed E-state index contributed by atoms with van der Waals surface area (Å²) in [5.74, 6) is -0.587. The molecule has 1 rings (SSSR count). The molecular formula is C13H12F3NO3. The molecule has 0 aliphatic heterocycles. The van der Waals surface area contributed by atoms with E-state index in [2.05, 4.69) is 5.32 Å². The lowest BCUT2D eigenvalue weighted by atomic mass is 9.93. The molecule has 0 aliphatic rings. The summed E-state index contributed by atoms with van der Waals surface area (Å²) in [6, 6.07) is 4.02. The second-order valence-electron chi connectivity index (χ2n) is 4.33. The van der Waals surface area contributed by atoms with E-state index < -0.39 is 23.2 Å². The van der Waals surface area contributed by atoms with Crippen LogP contribution in [-0.2, 0) is 27.0 Å². The van der Waals surface area contributed by atoms with E-state index in [9.17, 15) is 27.6 Å². The summed E-state index contributed by atoms with van der Waals surface area (Å²) in [5.41, 5.74) is -2.26. The third kappa shape index (κ3) is 3.91. The van der Waals surface area contributed by atoms with Crippen molar-refractivity contribution >= 4 is 18.5 Å². The number of nitrogens with one attached hydrogen (secondary N) is 1. The number of aldehydes is 2. The Bertz CT molecular complexity index is 501. The highest BCUT2D eigenvalue weighted by Gasteiger charge is 2.32. The summed E-state index contributed by atoms with van der Waals surface area (Å²) in [6.07, 6.45) is -4.14. The summed E-state index contributed by atoms with van der Waals surface area (Å²) >= 11 is 0. The standard InChI is InChI=1S/C13H12F3NO3/c1-9(20)17-12(7-18,8-19)6-10-2-4-11(5-3-10)13(14,15)16/h2-5,7-8H,6H2,1H3,(H,17,20). The normalized spacial score (nSPS) is 11.8. The number of halogens is 3. The molecule has 0 spiro atoms.